The van der Waals surface area contributed by atoms with E-state index in [-0.39, 0.29) is 5.82 Å². The van der Waals surface area contributed by atoms with Crippen molar-refractivity contribution in [3.05, 3.63) is 58.9 Å². The Bertz CT molecular complexity index is 752. The number of imidazole rings is 1. The third kappa shape index (κ3) is 2.27. The van der Waals surface area contributed by atoms with Crippen LogP contribution in [0.5, 0.6) is 0 Å². The lowest BCUT2D eigenvalue weighted by atomic mass is 10.2. The number of nitrogens with two attached hydrogens (primary N) is 1. The van der Waals surface area contributed by atoms with E-state index in [1.165, 1.54) is 12.1 Å². The maximum absolute atomic E-state index is 13.1. The molecule has 0 atom stereocenters. The zero-order valence-electron chi connectivity index (χ0n) is 9.98. The van der Waals surface area contributed by atoms with Crippen molar-refractivity contribution in [2.45, 2.75) is 6.54 Å². The molecule has 0 saturated heterocycles. The monoisotopic (exact) mass is 275 g/mol. The summed E-state index contributed by atoms with van der Waals surface area (Å²) in [5.74, 6) is 0.0421. The van der Waals surface area contributed by atoms with Crippen LogP contribution in [0, 0.1) is 5.82 Å². The Morgan fingerprint density at radius 1 is 1.21 bits per heavy atom. The molecule has 0 aliphatic rings. The second-order valence-corrected chi connectivity index (χ2v) is 4.76. The first-order chi connectivity index (χ1) is 9.13. The molecule has 2 aromatic carbocycles. The number of nitrogens with zero attached hydrogens (tertiary/aromatic N) is 2. The highest BCUT2D eigenvalue weighted by Crippen LogP contribution is 2.21. The Balaban J connectivity index is 2.07. The first-order valence-corrected chi connectivity index (χ1v) is 6.17. The van der Waals surface area contributed by atoms with E-state index in [4.69, 9.17) is 17.3 Å². The summed E-state index contributed by atoms with van der Waals surface area (Å²) in [6, 6.07) is 12.0. The van der Waals surface area contributed by atoms with Crippen LogP contribution in [-0.4, -0.2) is 9.55 Å². The lowest BCUT2D eigenvalue weighted by molar-refractivity contribution is 0.629. The first kappa shape index (κ1) is 12.0. The number of rotatable bonds is 2. The van der Waals surface area contributed by atoms with E-state index in [1.807, 2.05) is 28.8 Å². The van der Waals surface area contributed by atoms with Crippen molar-refractivity contribution in [3.63, 3.8) is 0 Å². The minimum atomic E-state index is -0.320. The van der Waals surface area contributed by atoms with Gasteiger partial charge in [-0.05, 0) is 29.8 Å². The molecular formula is C14H11ClFN3. The van der Waals surface area contributed by atoms with Crippen LogP contribution in [0.25, 0.3) is 11.0 Å². The Morgan fingerprint density at radius 3 is 2.84 bits per heavy atom. The van der Waals surface area contributed by atoms with Gasteiger partial charge in [-0.15, -0.1) is 0 Å². The number of hydrogen-bond acceptors (Lipinski definition) is 2. The highest BCUT2D eigenvalue weighted by molar-refractivity contribution is 6.30. The van der Waals surface area contributed by atoms with Crippen LogP contribution >= 0.6 is 11.6 Å². The van der Waals surface area contributed by atoms with Crippen LogP contribution in [0.2, 0.25) is 5.02 Å². The average molecular weight is 276 g/mol. The second kappa shape index (κ2) is 4.55. The molecule has 0 aliphatic carbocycles. The fraction of sp³-hybridized carbons (Fsp3) is 0.0714. The molecule has 1 heterocycles. The first-order valence-electron chi connectivity index (χ1n) is 5.79. The molecule has 19 heavy (non-hydrogen) atoms. The number of nitrogen functional groups attached to an aromatic ring is 1. The summed E-state index contributed by atoms with van der Waals surface area (Å²) < 4.78 is 15.0. The minimum Gasteiger partial charge on any atom is -0.369 e. The van der Waals surface area contributed by atoms with E-state index in [9.17, 15) is 4.39 Å². The van der Waals surface area contributed by atoms with E-state index >= 15 is 0 Å². The van der Waals surface area contributed by atoms with Gasteiger partial charge in [0.15, 0.2) is 0 Å². The van der Waals surface area contributed by atoms with Gasteiger partial charge in [0.2, 0.25) is 5.95 Å². The molecule has 0 aliphatic heterocycles. The van der Waals surface area contributed by atoms with Crippen LogP contribution < -0.4 is 5.73 Å². The summed E-state index contributed by atoms with van der Waals surface area (Å²) in [6.45, 7) is 0.550. The fourth-order valence-electron chi connectivity index (χ4n) is 2.11. The van der Waals surface area contributed by atoms with Crippen molar-refractivity contribution in [3.8, 4) is 0 Å². The highest BCUT2D eigenvalue weighted by atomic mass is 35.5. The van der Waals surface area contributed by atoms with Gasteiger partial charge < -0.3 is 10.3 Å². The number of aromatic nitrogens is 2. The van der Waals surface area contributed by atoms with E-state index in [0.29, 0.717) is 23.0 Å². The predicted molar refractivity (Wildman–Crippen MR) is 74.7 cm³/mol. The molecule has 0 amide bonds. The molecular weight excluding hydrogens is 265 g/mol. The maximum atomic E-state index is 13.1. The number of benzene rings is 2. The molecule has 96 valence electrons. The van der Waals surface area contributed by atoms with Gasteiger partial charge in [-0.2, -0.15) is 0 Å². The third-order valence-electron chi connectivity index (χ3n) is 2.97. The smallest absolute Gasteiger partial charge is 0.201 e. The fourth-order valence-corrected chi connectivity index (χ4v) is 2.32. The molecule has 2 N–H and O–H groups in total. The van der Waals surface area contributed by atoms with Crippen LogP contribution in [0.1, 0.15) is 5.56 Å². The second-order valence-electron chi connectivity index (χ2n) is 4.32. The van der Waals surface area contributed by atoms with Gasteiger partial charge in [0.05, 0.1) is 17.6 Å². The highest BCUT2D eigenvalue weighted by Gasteiger charge is 2.09. The largest absolute Gasteiger partial charge is 0.369 e. The zero-order chi connectivity index (χ0) is 13.4. The summed E-state index contributed by atoms with van der Waals surface area (Å²) in [4.78, 5) is 4.16. The maximum Gasteiger partial charge on any atom is 0.201 e. The molecule has 0 saturated carbocycles. The van der Waals surface area contributed by atoms with Crippen LogP contribution in [0.3, 0.4) is 0 Å². The van der Waals surface area contributed by atoms with Crippen LogP contribution in [-0.2, 0) is 6.54 Å². The van der Waals surface area contributed by atoms with Crippen molar-refractivity contribution in [2.24, 2.45) is 0 Å². The minimum absolute atomic E-state index is 0.320. The molecule has 3 aromatic rings. The molecule has 0 radical (unpaired) electrons. The number of anilines is 1. The number of halogens is 2. The van der Waals surface area contributed by atoms with Crippen molar-refractivity contribution < 1.29 is 4.39 Å². The Kier molecular flexibility index (Phi) is 2.87. The van der Waals surface area contributed by atoms with Crippen LogP contribution in [0.4, 0.5) is 10.3 Å². The van der Waals surface area contributed by atoms with Gasteiger partial charge in [-0.25, -0.2) is 9.37 Å². The Hall–Kier alpha value is -2.07. The average Bonchev–Trinajstić information content (AvgIpc) is 2.65. The molecule has 0 bridgehead atoms. The molecule has 5 heteroatoms. The SMILES string of the molecule is Nc1nc2cc(F)ccc2n1Cc1cccc(Cl)c1. The van der Waals surface area contributed by atoms with E-state index in [0.717, 1.165) is 11.1 Å². The van der Waals surface area contributed by atoms with Gasteiger partial charge in [0.1, 0.15) is 5.82 Å². The summed E-state index contributed by atoms with van der Waals surface area (Å²) >= 11 is 5.96. The summed E-state index contributed by atoms with van der Waals surface area (Å²) in [5.41, 5.74) is 8.26. The lowest BCUT2D eigenvalue weighted by Gasteiger charge is -2.07. The molecule has 3 nitrogen and oxygen atoms in total. The van der Waals surface area contributed by atoms with Crippen molar-refractivity contribution in [2.75, 3.05) is 5.73 Å². The lowest BCUT2D eigenvalue weighted by Crippen LogP contribution is -2.04. The van der Waals surface area contributed by atoms with Crippen LogP contribution in [0.15, 0.2) is 42.5 Å². The molecule has 1 aromatic heterocycles. The molecule has 0 unspecified atom stereocenters. The van der Waals surface area contributed by atoms with Crippen molar-refractivity contribution in [1.29, 1.82) is 0 Å². The summed E-state index contributed by atoms with van der Waals surface area (Å²) in [6.07, 6.45) is 0. The van der Waals surface area contributed by atoms with Crippen molar-refractivity contribution in [1.82, 2.24) is 9.55 Å². The van der Waals surface area contributed by atoms with Gasteiger partial charge >= 0.3 is 0 Å². The molecule has 0 fully saturated rings. The topological polar surface area (TPSA) is 43.8 Å². The van der Waals surface area contributed by atoms with Gasteiger partial charge in [0, 0.05) is 11.1 Å². The van der Waals surface area contributed by atoms with E-state index in [1.54, 1.807) is 6.07 Å². The Labute approximate surface area is 114 Å². The third-order valence-corrected chi connectivity index (χ3v) is 3.20. The number of hydrogen-bond donors (Lipinski definition) is 1. The van der Waals surface area contributed by atoms with Crippen molar-refractivity contribution >= 4 is 28.6 Å². The van der Waals surface area contributed by atoms with Gasteiger partial charge in [-0.3, -0.25) is 0 Å². The normalized spacial score (nSPS) is 11.1. The standard InChI is InChI=1S/C14H11ClFN3/c15-10-3-1-2-9(6-10)8-19-13-5-4-11(16)7-12(13)18-14(19)17/h1-7H,8H2,(H2,17,18). The molecule has 0 spiro atoms. The predicted octanol–water partition coefficient (Wildman–Crippen LogP) is 3.46. The van der Waals surface area contributed by atoms with Gasteiger partial charge in [-0.1, -0.05) is 23.7 Å². The van der Waals surface area contributed by atoms with Gasteiger partial charge in [0.25, 0.3) is 0 Å². The van der Waals surface area contributed by atoms with E-state index < -0.39 is 0 Å². The molecule has 3 rings (SSSR count). The van der Waals surface area contributed by atoms with E-state index in [2.05, 4.69) is 4.98 Å². The summed E-state index contributed by atoms with van der Waals surface area (Å²) in [7, 11) is 0. The Morgan fingerprint density at radius 2 is 2.05 bits per heavy atom. The quantitative estimate of drug-likeness (QED) is 0.778. The zero-order valence-corrected chi connectivity index (χ0v) is 10.7. The number of fused-ring (bicyclic) bond motifs is 1. The summed E-state index contributed by atoms with van der Waals surface area (Å²) in [5, 5.41) is 0.673.